The zero-order chi connectivity index (χ0) is 25.9. The number of amides is 1. The topological polar surface area (TPSA) is 128 Å². The van der Waals surface area contributed by atoms with Crippen LogP contribution in [-0.4, -0.2) is 31.4 Å². The molecule has 2 aromatic heterocycles. The number of rotatable bonds is 5. The maximum atomic E-state index is 14.7. The highest BCUT2D eigenvalue weighted by molar-refractivity contribution is 5.94. The van der Waals surface area contributed by atoms with Gasteiger partial charge in [0.15, 0.2) is 23.1 Å². The average molecular weight is 509 g/mol. The van der Waals surface area contributed by atoms with Crippen molar-refractivity contribution in [1.82, 2.24) is 20.3 Å². The number of aromatic nitrogens is 4. The fourth-order valence-electron chi connectivity index (χ4n) is 5.41. The maximum Gasteiger partial charge on any atom is 0.435 e. The van der Waals surface area contributed by atoms with E-state index in [2.05, 4.69) is 20.3 Å². The van der Waals surface area contributed by atoms with Gasteiger partial charge in [0.2, 0.25) is 17.6 Å². The molecule has 3 aliphatic rings. The van der Waals surface area contributed by atoms with Crippen LogP contribution in [0.15, 0.2) is 22.7 Å². The molecular formula is C23H20F5N5O3. The molecule has 8 nitrogen and oxygen atoms in total. The number of alkyl halides is 3. The third kappa shape index (κ3) is 3.95. The molecule has 0 saturated heterocycles. The van der Waals surface area contributed by atoms with Gasteiger partial charge in [-0.3, -0.25) is 4.79 Å². The molecule has 3 aliphatic carbocycles. The molecule has 0 spiro atoms. The highest BCUT2D eigenvalue weighted by atomic mass is 19.4. The summed E-state index contributed by atoms with van der Waals surface area (Å²) in [7, 11) is 0. The first-order chi connectivity index (χ1) is 16.9. The number of phenolic OH excluding ortho intramolecular Hbond substituents is 1. The van der Waals surface area contributed by atoms with E-state index in [1.165, 1.54) is 0 Å². The molecule has 3 N–H and O–H groups in total. The van der Waals surface area contributed by atoms with Gasteiger partial charge >= 0.3 is 6.18 Å². The molecule has 0 unspecified atom stereocenters. The van der Waals surface area contributed by atoms with E-state index in [1.807, 2.05) is 0 Å². The third-order valence-corrected chi connectivity index (χ3v) is 7.58. The number of carbonyl (C=O) groups is 1. The lowest BCUT2D eigenvalue weighted by molar-refractivity contribution is -0.141. The SMILES string of the molecule is NC(=O)c1cc(F)c(O)c(F)c1CC12CCC(c3nc(-c4ccc(C(F)(F)F)nn4)no3)(CC1)CC2. The van der Waals surface area contributed by atoms with Crippen LogP contribution >= 0.6 is 0 Å². The molecule has 0 atom stereocenters. The Bertz CT molecular complexity index is 1310. The Hall–Kier alpha value is -3.64. The number of hydrogen-bond acceptors (Lipinski definition) is 7. The number of fused-ring (bicyclic) bond motifs is 3. The van der Waals surface area contributed by atoms with E-state index in [1.54, 1.807) is 0 Å². The van der Waals surface area contributed by atoms with Crippen molar-refractivity contribution in [2.75, 3.05) is 0 Å². The van der Waals surface area contributed by atoms with Gasteiger partial charge in [-0.2, -0.15) is 18.2 Å². The van der Waals surface area contributed by atoms with Crippen LogP contribution in [0.4, 0.5) is 22.0 Å². The normalized spacial score (nSPS) is 23.7. The summed E-state index contributed by atoms with van der Waals surface area (Å²) < 4.78 is 72.2. The summed E-state index contributed by atoms with van der Waals surface area (Å²) in [6.45, 7) is 0. The van der Waals surface area contributed by atoms with E-state index in [4.69, 9.17) is 10.3 Å². The molecule has 2 bridgehead atoms. The van der Waals surface area contributed by atoms with E-state index in [-0.39, 0.29) is 29.1 Å². The minimum atomic E-state index is -4.61. The minimum absolute atomic E-state index is 0.0259. The Morgan fingerprint density at radius 2 is 1.75 bits per heavy atom. The predicted molar refractivity (Wildman–Crippen MR) is 112 cm³/mol. The molecule has 3 fully saturated rings. The number of carbonyl (C=O) groups excluding carboxylic acids is 1. The van der Waals surface area contributed by atoms with Crippen molar-refractivity contribution < 1.29 is 36.4 Å². The molecule has 2 heterocycles. The highest BCUT2D eigenvalue weighted by Gasteiger charge is 2.52. The largest absolute Gasteiger partial charge is 0.503 e. The Balaban J connectivity index is 1.35. The molecule has 13 heteroatoms. The lowest BCUT2D eigenvalue weighted by atomic mass is 9.52. The van der Waals surface area contributed by atoms with Crippen LogP contribution in [0.1, 0.15) is 66.0 Å². The van der Waals surface area contributed by atoms with Crippen LogP contribution < -0.4 is 5.73 Å². The number of nitrogens with zero attached hydrogens (tertiary/aromatic N) is 4. The van der Waals surface area contributed by atoms with Gasteiger partial charge in [0.25, 0.3) is 0 Å². The average Bonchev–Trinajstić information content (AvgIpc) is 3.36. The first-order valence-corrected chi connectivity index (χ1v) is 11.2. The molecular weight excluding hydrogens is 489 g/mol. The zero-order valence-corrected chi connectivity index (χ0v) is 18.7. The maximum absolute atomic E-state index is 14.7. The molecule has 3 aromatic rings. The van der Waals surface area contributed by atoms with E-state index in [9.17, 15) is 31.9 Å². The summed E-state index contributed by atoms with van der Waals surface area (Å²) in [4.78, 5) is 16.2. The number of halogens is 5. The number of hydrogen-bond donors (Lipinski definition) is 2. The summed E-state index contributed by atoms with van der Waals surface area (Å²) in [5.74, 6) is -4.19. The lowest BCUT2D eigenvalue weighted by Crippen LogP contribution is -2.45. The Kier molecular flexibility index (Phi) is 5.49. The number of aromatic hydroxyl groups is 1. The zero-order valence-electron chi connectivity index (χ0n) is 18.7. The second-order valence-corrected chi connectivity index (χ2v) is 9.59. The van der Waals surface area contributed by atoms with Crippen LogP contribution in [0.3, 0.4) is 0 Å². The minimum Gasteiger partial charge on any atom is -0.503 e. The van der Waals surface area contributed by atoms with Gasteiger partial charge in [-0.05, 0) is 68.6 Å². The number of benzene rings is 1. The monoisotopic (exact) mass is 509 g/mol. The van der Waals surface area contributed by atoms with Gasteiger partial charge in [-0.25, -0.2) is 8.78 Å². The van der Waals surface area contributed by atoms with Crippen molar-refractivity contribution in [2.45, 2.75) is 56.5 Å². The van der Waals surface area contributed by atoms with Crippen LogP contribution in [0, 0.1) is 17.0 Å². The molecule has 1 aromatic carbocycles. The van der Waals surface area contributed by atoms with Crippen molar-refractivity contribution in [3.05, 3.63) is 52.5 Å². The highest BCUT2D eigenvalue weighted by Crippen LogP contribution is 2.59. The smallest absolute Gasteiger partial charge is 0.435 e. The molecule has 1 amide bonds. The second-order valence-electron chi connectivity index (χ2n) is 9.59. The summed E-state index contributed by atoms with van der Waals surface area (Å²) in [6.07, 6.45) is -0.855. The first-order valence-electron chi connectivity index (χ1n) is 11.2. The van der Waals surface area contributed by atoms with E-state index < -0.39 is 46.0 Å². The fraction of sp³-hybridized carbons (Fsp3) is 0.435. The van der Waals surface area contributed by atoms with Crippen molar-refractivity contribution in [3.8, 4) is 17.3 Å². The van der Waals surface area contributed by atoms with Gasteiger partial charge in [0, 0.05) is 16.5 Å². The number of phenols is 1. The lowest BCUT2D eigenvalue weighted by Gasteiger charge is -2.52. The molecule has 36 heavy (non-hydrogen) atoms. The molecule has 0 aliphatic heterocycles. The summed E-state index contributed by atoms with van der Waals surface area (Å²) in [5.41, 5.74) is 3.01. The Morgan fingerprint density at radius 3 is 2.31 bits per heavy atom. The predicted octanol–water partition coefficient (Wildman–Crippen LogP) is 4.46. The first kappa shape index (κ1) is 24.1. The summed E-state index contributed by atoms with van der Waals surface area (Å²) in [5, 5.41) is 20.3. The second kappa shape index (κ2) is 8.20. The Morgan fingerprint density at radius 1 is 1.08 bits per heavy atom. The quantitative estimate of drug-likeness (QED) is 0.486. The molecule has 0 radical (unpaired) electrons. The van der Waals surface area contributed by atoms with Crippen molar-refractivity contribution >= 4 is 5.91 Å². The molecule has 3 saturated carbocycles. The summed E-state index contributed by atoms with van der Waals surface area (Å²) in [6, 6.07) is 2.67. The van der Waals surface area contributed by atoms with Crippen LogP contribution in [0.2, 0.25) is 0 Å². The molecule has 190 valence electrons. The van der Waals surface area contributed by atoms with Crippen molar-refractivity contribution in [2.24, 2.45) is 11.1 Å². The standard InChI is InChI=1S/C23H20F5N5O3/c24-13-9-11(18(29)35)12(16(25)17(13)34)10-21-3-6-22(7-4-21,8-5-21)20-30-19(33-36-20)14-1-2-15(32-31-14)23(26,27)28/h1-2,9,34H,3-8,10H2,(H2,29,35). The number of primary amides is 1. The fourth-order valence-corrected chi connectivity index (χ4v) is 5.41. The van der Waals surface area contributed by atoms with Crippen LogP contribution in [0.25, 0.3) is 11.5 Å². The summed E-state index contributed by atoms with van der Waals surface area (Å²) >= 11 is 0. The van der Waals surface area contributed by atoms with Crippen LogP contribution in [-0.2, 0) is 18.0 Å². The molecule has 6 rings (SSSR count). The van der Waals surface area contributed by atoms with Crippen LogP contribution in [0.5, 0.6) is 5.75 Å². The van der Waals surface area contributed by atoms with E-state index in [0.717, 1.165) is 18.2 Å². The van der Waals surface area contributed by atoms with Gasteiger partial charge in [0.05, 0.1) is 0 Å². The third-order valence-electron chi connectivity index (χ3n) is 7.58. The Labute approximate surface area is 200 Å². The van der Waals surface area contributed by atoms with Crippen molar-refractivity contribution in [3.63, 3.8) is 0 Å². The van der Waals surface area contributed by atoms with Crippen molar-refractivity contribution in [1.29, 1.82) is 0 Å². The van der Waals surface area contributed by atoms with Gasteiger partial charge < -0.3 is 15.4 Å². The van der Waals surface area contributed by atoms with Gasteiger partial charge in [-0.15, -0.1) is 10.2 Å². The number of nitrogens with two attached hydrogens (primary N) is 1. The van der Waals surface area contributed by atoms with E-state index >= 15 is 0 Å². The van der Waals surface area contributed by atoms with Gasteiger partial charge in [-0.1, -0.05) is 5.16 Å². The van der Waals surface area contributed by atoms with Gasteiger partial charge in [0.1, 0.15) is 5.69 Å². The van der Waals surface area contributed by atoms with E-state index in [0.29, 0.717) is 44.4 Å².